The van der Waals surface area contributed by atoms with Crippen LogP contribution in [0.1, 0.15) is 17.2 Å². The van der Waals surface area contributed by atoms with Gasteiger partial charge in [-0.1, -0.05) is 0 Å². The molecule has 0 N–H and O–H groups in total. The summed E-state index contributed by atoms with van der Waals surface area (Å²) in [7, 11) is 0. The van der Waals surface area contributed by atoms with Crippen molar-refractivity contribution in [1.29, 1.82) is 0 Å². The summed E-state index contributed by atoms with van der Waals surface area (Å²) in [4.78, 5) is 29.8. The number of carbonyl (C=O) groups is 2. The molecule has 3 amide bonds. The van der Waals surface area contributed by atoms with E-state index in [4.69, 9.17) is 0 Å². The molecule has 0 aromatic heterocycles. The van der Waals surface area contributed by atoms with E-state index in [0.717, 1.165) is 24.3 Å². The fourth-order valence-electron chi connectivity index (χ4n) is 3.91. The maximum atomic E-state index is 14.1. The molecule has 1 unspecified atom stereocenters. The first kappa shape index (κ1) is 22.4. The number of nitrogens with zero attached hydrogens (tertiary/aromatic N) is 3. The van der Waals surface area contributed by atoms with Gasteiger partial charge in [0.15, 0.2) is 11.6 Å². The third-order valence-electron chi connectivity index (χ3n) is 5.64. The van der Waals surface area contributed by atoms with Gasteiger partial charge in [0.1, 0.15) is 18.2 Å². The number of hydrogen-bond acceptors (Lipinski definition) is 3. The van der Waals surface area contributed by atoms with E-state index < -0.39 is 29.3 Å². The van der Waals surface area contributed by atoms with E-state index >= 15 is 0 Å². The van der Waals surface area contributed by atoms with Gasteiger partial charge in [0, 0.05) is 54.5 Å². The zero-order valence-electron chi connectivity index (χ0n) is 17.1. The van der Waals surface area contributed by atoms with Crippen LogP contribution in [0.4, 0.5) is 28.0 Å². The SMILES string of the molecule is O=C(CN1CCN(c2ccc(F)c(F)c2)C1=O)N1CCSC(c2cc(F)ccc2F)CC1. The Labute approximate surface area is 187 Å². The first-order valence-electron chi connectivity index (χ1n) is 10.2. The van der Waals surface area contributed by atoms with Crippen LogP contribution >= 0.6 is 11.8 Å². The summed E-state index contributed by atoms with van der Waals surface area (Å²) >= 11 is 1.47. The van der Waals surface area contributed by atoms with Gasteiger partial charge in [0.05, 0.1) is 0 Å². The summed E-state index contributed by atoms with van der Waals surface area (Å²) in [6.07, 6.45) is 0.464. The number of halogens is 4. The molecule has 2 aromatic carbocycles. The predicted molar refractivity (Wildman–Crippen MR) is 113 cm³/mol. The van der Waals surface area contributed by atoms with Crippen LogP contribution in [-0.2, 0) is 4.79 Å². The van der Waals surface area contributed by atoms with Crippen LogP contribution < -0.4 is 4.90 Å². The molecule has 0 saturated carbocycles. The summed E-state index contributed by atoms with van der Waals surface area (Å²) in [5, 5.41) is -0.263. The van der Waals surface area contributed by atoms with Crippen LogP contribution in [0.15, 0.2) is 36.4 Å². The zero-order chi connectivity index (χ0) is 22.8. The van der Waals surface area contributed by atoms with E-state index in [2.05, 4.69) is 0 Å². The van der Waals surface area contributed by atoms with Gasteiger partial charge in [-0.15, -0.1) is 0 Å². The molecule has 0 aliphatic carbocycles. The highest BCUT2D eigenvalue weighted by Gasteiger charge is 2.33. The summed E-state index contributed by atoms with van der Waals surface area (Å²) in [5.74, 6) is -2.70. The molecule has 2 aliphatic rings. The Bertz CT molecular complexity index is 1040. The first-order valence-corrected chi connectivity index (χ1v) is 11.2. The van der Waals surface area contributed by atoms with E-state index in [-0.39, 0.29) is 36.5 Å². The number of urea groups is 1. The van der Waals surface area contributed by atoms with Crippen LogP contribution in [0.2, 0.25) is 0 Å². The average molecular weight is 467 g/mol. The molecule has 1 atom stereocenters. The second-order valence-corrected chi connectivity index (χ2v) is 8.96. The highest BCUT2D eigenvalue weighted by Crippen LogP contribution is 2.36. The van der Waals surface area contributed by atoms with Crippen molar-refractivity contribution in [2.45, 2.75) is 11.7 Å². The lowest BCUT2D eigenvalue weighted by Crippen LogP contribution is -2.43. The van der Waals surface area contributed by atoms with E-state index in [1.54, 1.807) is 4.90 Å². The van der Waals surface area contributed by atoms with Crippen molar-refractivity contribution in [3.63, 3.8) is 0 Å². The fourth-order valence-corrected chi connectivity index (χ4v) is 5.16. The largest absolute Gasteiger partial charge is 0.340 e. The van der Waals surface area contributed by atoms with Gasteiger partial charge in [-0.05, 0) is 36.8 Å². The number of carbonyl (C=O) groups excluding carboxylic acids is 2. The molecule has 0 radical (unpaired) electrons. The summed E-state index contributed by atoms with van der Waals surface area (Å²) < 4.78 is 54.4. The van der Waals surface area contributed by atoms with Crippen LogP contribution in [0, 0.1) is 23.3 Å². The fraction of sp³-hybridized carbons (Fsp3) is 0.364. The second kappa shape index (κ2) is 9.40. The van der Waals surface area contributed by atoms with Crippen molar-refractivity contribution in [2.75, 3.05) is 43.4 Å². The number of thioether (sulfide) groups is 1. The smallest absolute Gasteiger partial charge is 0.325 e. The molecular weight excluding hydrogens is 446 g/mol. The minimum absolute atomic E-state index is 0.136. The highest BCUT2D eigenvalue weighted by molar-refractivity contribution is 7.99. The van der Waals surface area contributed by atoms with Crippen molar-refractivity contribution < 1.29 is 27.2 Å². The van der Waals surface area contributed by atoms with Gasteiger partial charge in [-0.3, -0.25) is 9.69 Å². The molecule has 2 aliphatic heterocycles. The van der Waals surface area contributed by atoms with Gasteiger partial charge < -0.3 is 9.80 Å². The maximum absolute atomic E-state index is 14.1. The van der Waals surface area contributed by atoms with E-state index in [9.17, 15) is 27.2 Å². The molecule has 32 heavy (non-hydrogen) atoms. The molecular formula is C22H21F4N3O2S. The lowest BCUT2D eigenvalue weighted by molar-refractivity contribution is -0.131. The van der Waals surface area contributed by atoms with Crippen LogP contribution in [0.25, 0.3) is 0 Å². The minimum atomic E-state index is -1.05. The molecule has 0 spiro atoms. The Morgan fingerprint density at radius 1 is 0.938 bits per heavy atom. The predicted octanol–water partition coefficient (Wildman–Crippen LogP) is 4.19. The third kappa shape index (κ3) is 4.69. The van der Waals surface area contributed by atoms with E-state index in [0.29, 0.717) is 30.8 Å². The molecule has 0 bridgehead atoms. The molecule has 4 rings (SSSR count). The average Bonchev–Trinajstić information content (AvgIpc) is 2.97. The minimum Gasteiger partial charge on any atom is -0.340 e. The Hall–Kier alpha value is -2.75. The van der Waals surface area contributed by atoms with Crippen molar-refractivity contribution >= 4 is 29.4 Å². The van der Waals surface area contributed by atoms with Crippen molar-refractivity contribution in [3.8, 4) is 0 Å². The molecule has 170 valence electrons. The van der Waals surface area contributed by atoms with Crippen molar-refractivity contribution in [3.05, 3.63) is 65.2 Å². The van der Waals surface area contributed by atoms with Gasteiger partial charge in [-0.25, -0.2) is 22.4 Å². The van der Waals surface area contributed by atoms with E-state index in [1.165, 1.54) is 33.7 Å². The van der Waals surface area contributed by atoms with Gasteiger partial charge in [0.2, 0.25) is 5.91 Å². The van der Waals surface area contributed by atoms with Gasteiger partial charge >= 0.3 is 6.03 Å². The molecule has 5 nitrogen and oxygen atoms in total. The first-order chi connectivity index (χ1) is 15.3. The standard InChI is InChI=1S/C22H21F4N3O2S/c23-14-1-3-17(24)16(11-14)20-5-6-27(9-10-32-20)21(30)13-28-7-8-29(22(28)31)15-2-4-18(25)19(26)12-15/h1-4,11-12,20H,5-10,13H2. The number of hydrogen-bond donors (Lipinski definition) is 0. The number of benzene rings is 2. The van der Waals surface area contributed by atoms with Crippen molar-refractivity contribution in [2.24, 2.45) is 0 Å². The Morgan fingerprint density at radius 2 is 1.72 bits per heavy atom. The van der Waals surface area contributed by atoms with Crippen molar-refractivity contribution in [1.82, 2.24) is 9.80 Å². The monoisotopic (exact) mass is 467 g/mol. The number of rotatable bonds is 4. The zero-order valence-corrected chi connectivity index (χ0v) is 17.9. The third-order valence-corrected chi connectivity index (χ3v) is 6.95. The number of anilines is 1. The summed E-state index contributed by atoms with van der Waals surface area (Å²) in [6.45, 7) is 1.20. The quantitative estimate of drug-likeness (QED) is 0.634. The highest BCUT2D eigenvalue weighted by atomic mass is 32.2. The molecule has 2 aromatic rings. The normalized spacial score (nSPS) is 19.4. The maximum Gasteiger partial charge on any atom is 0.325 e. The lowest BCUT2D eigenvalue weighted by atomic mass is 10.1. The molecule has 2 saturated heterocycles. The second-order valence-electron chi connectivity index (χ2n) is 7.65. The van der Waals surface area contributed by atoms with Gasteiger partial charge in [-0.2, -0.15) is 11.8 Å². The topological polar surface area (TPSA) is 43.9 Å². The van der Waals surface area contributed by atoms with Crippen LogP contribution in [-0.4, -0.2) is 60.2 Å². The molecule has 10 heteroatoms. The van der Waals surface area contributed by atoms with E-state index in [1.807, 2.05) is 0 Å². The molecule has 2 fully saturated rings. The summed E-state index contributed by atoms with van der Waals surface area (Å²) in [6, 6.07) is 6.16. The summed E-state index contributed by atoms with van der Waals surface area (Å²) in [5.41, 5.74) is 0.524. The van der Waals surface area contributed by atoms with Gasteiger partial charge in [0.25, 0.3) is 0 Å². The molecule has 2 heterocycles. The lowest BCUT2D eigenvalue weighted by Gasteiger charge is -2.24. The number of amides is 3. The Balaban J connectivity index is 1.36. The van der Waals surface area contributed by atoms with Crippen LogP contribution in [0.5, 0.6) is 0 Å². The Kier molecular flexibility index (Phi) is 6.59. The van der Waals surface area contributed by atoms with Crippen LogP contribution in [0.3, 0.4) is 0 Å². The Morgan fingerprint density at radius 3 is 2.50 bits per heavy atom.